The van der Waals surface area contributed by atoms with Gasteiger partial charge in [0.05, 0.1) is 6.10 Å². The highest BCUT2D eigenvalue weighted by atomic mass is 79.9. The molecular weight excluding hydrogens is 290 g/mol. The third kappa shape index (κ3) is 3.40. The minimum Gasteiger partial charge on any atom is -0.388 e. The Balaban J connectivity index is 2.16. The lowest BCUT2D eigenvalue weighted by Gasteiger charge is -2.12. The van der Waals surface area contributed by atoms with E-state index >= 15 is 0 Å². The maximum Gasteiger partial charge on any atom is 0.0845 e. The fraction of sp³-hybridized carbons (Fsp3) is 0.267. The molecular formula is C15H16BrNO. The summed E-state index contributed by atoms with van der Waals surface area (Å²) in [6.07, 6.45) is 1.79. The normalized spacial score (nSPS) is 12.4. The van der Waals surface area contributed by atoms with Gasteiger partial charge in [-0.3, -0.25) is 4.98 Å². The van der Waals surface area contributed by atoms with E-state index in [2.05, 4.69) is 27.0 Å². The van der Waals surface area contributed by atoms with Gasteiger partial charge < -0.3 is 5.11 Å². The van der Waals surface area contributed by atoms with Crippen molar-refractivity contribution in [3.63, 3.8) is 0 Å². The van der Waals surface area contributed by atoms with Crippen molar-refractivity contribution in [2.75, 3.05) is 0 Å². The average molecular weight is 306 g/mol. The molecule has 1 aromatic carbocycles. The largest absolute Gasteiger partial charge is 0.388 e. The highest BCUT2D eigenvalue weighted by Crippen LogP contribution is 2.20. The molecule has 0 bridgehead atoms. The Morgan fingerprint density at radius 1 is 1.17 bits per heavy atom. The highest BCUT2D eigenvalue weighted by molar-refractivity contribution is 9.10. The number of nitrogens with zero attached hydrogens (tertiary/aromatic N) is 1. The zero-order chi connectivity index (χ0) is 13.1. The molecule has 1 heterocycles. The van der Waals surface area contributed by atoms with Crippen LogP contribution < -0.4 is 0 Å². The second-order valence-electron chi connectivity index (χ2n) is 4.61. The summed E-state index contributed by atoms with van der Waals surface area (Å²) in [6.45, 7) is 4.09. The van der Waals surface area contributed by atoms with E-state index in [1.54, 1.807) is 6.20 Å². The Morgan fingerprint density at radius 3 is 2.39 bits per heavy atom. The quantitative estimate of drug-likeness (QED) is 0.937. The van der Waals surface area contributed by atoms with E-state index in [0.717, 1.165) is 15.7 Å². The summed E-state index contributed by atoms with van der Waals surface area (Å²) in [7, 11) is 0. The van der Waals surface area contributed by atoms with Crippen LogP contribution in [0.15, 0.2) is 41.0 Å². The second-order valence-corrected chi connectivity index (χ2v) is 5.52. The first-order chi connectivity index (χ1) is 8.54. The predicted octanol–water partition coefficient (Wildman–Crippen LogP) is 3.74. The third-order valence-electron chi connectivity index (χ3n) is 2.82. The molecule has 1 N–H and O–H groups in total. The zero-order valence-electron chi connectivity index (χ0n) is 10.5. The molecule has 0 amide bonds. The number of pyridine rings is 1. The Labute approximate surface area is 116 Å². The second kappa shape index (κ2) is 5.63. The van der Waals surface area contributed by atoms with Crippen LogP contribution in [0.2, 0.25) is 0 Å². The molecule has 2 nitrogen and oxygen atoms in total. The van der Waals surface area contributed by atoms with E-state index in [-0.39, 0.29) is 0 Å². The molecule has 0 aliphatic carbocycles. The molecule has 1 atom stereocenters. The van der Waals surface area contributed by atoms with Gasteiger partial charge in [-0.05, 0) is 47.5 Å². The molecule has 3 heteroatoms. The van der Waals surface area contributed by atoms with Gasteiger partial charge in [0.2, 0.25) is 0 Å². The van der Waals surface area contributed by atoms with Gasteiger partial charge >= 0.3 is 0 Å². The van der Waals surface area contributed by atoms with Crippen molar-refractivity contribution >= 4 is 15.9 Å². The first-order valence-corrected chi connectivity index (χ1v) is 6.70. The Kier molecular flexibility index (Phi) is 4.15. The summed E-state index contributed by atoms with van der Waals surface area (Å²) >= 11 is 3.35. The number of hydrogen-bond donors (Lipinski definition) is 1. The van der Waals surface area contributed by atoms with E-state index < -0.39 is 6.10 Å². The van der Waals surface area contributed by atoms with E-state index in [1.165, 1.54) is 11.1 Å². The van der Waals surface area contributed by atoms with E-state index in [0.29, 0.717) is 6.42 Å². The molecule has 0 aliphatic rings. The maximum absolute atomic E-state index is 10.2. The Hall–Kier alpha value is -1.19. The number of aliphatic hydroxyl groups excluding tert-OH is 1. The van der Waals surface area contributed by atoms with Gasteiger partial charge in [-0.15, -0.1) is 0 Å². The summed E-state index contributed by atoms with van der Waals surface area (Å²) in [5.74, 6) is 0. The van der Waals surface area contributed by atoms with Crippen LogP contribution in [0, 0.1) is 13.8 Å². The van der Waals surface area contributed by atoms with Crippen molar-refractivity contribution in [2.24, 2.45) is 0 Å². The molecule has 0 radical (unpaired) electrons. The van der Waals surface area contributed by atoms with Crippen LogP contribution in [-0.2, 0) is 6.42 Å². The van der Waals surface area contributed by atoms with Crippen molar-refractivity contribution < 1.29 is 5.11 Å². The van der Waals surface area contributed by atoms with Gasteiger partial charge in [0, 0.05) is 22.8 Å². The first kappa shape index (κ1) is 13.2. The number of benzene rings is 1. The van der Waals surface area contributed by atoms with Crippen LogP contribution in [0.3, 0.4) is 0 Å². The Bertz CT molecular complexity index is 516. The summed E-state index contributed by atoms with van der Waals surface area (Å²) in [4.78, 5) is 4.28. The monoisotopic (exact) mass is 305 g/mol. The van der Waals surface area contributed by atoms with Crippen molar-refractivity contribution in [3.8, 4) is 0 Å². The fourth-order valence-electron chi connectivity index (χ4n) is 2.05. The molecule has 0 saturated carbocycles. The van der Waals surface area contributed by atoms with Crippen LogP contribution >= 0.6 is 15.9 Å². The number of hydrogen-bond acceptors (Lipinski definition) is 2. The molecule has 1 unspecified atom stereocenters. The van der Waals surface area contributed by atoms with E-state index in [1.807, 2.05) is 38.1 Å². The number of halogens is 1. The van der Waals surface area contributed by atoms with Crippen molar-refractivity contribution in [3.05, 3.63) is 63.4 Å². The number of aromatic nitrogens is 1. The molecule has 2 rings (SSSR count). The fourth-order valence-corrected chi connectivity index (χ4v) is 2.28. The van der Waals surface area contributed by atoms with Gasteiger partial charge in [-0.1, -0.05) is 29.3 Å². The molecule has 2 aromatic rings. The van der Waals surface area contributed by atoms with Crippen LogP contribution in [0.4, 0.5) is 0 Å². The van der Waals surface area contributed by atoms with Gasteiger partial charge in [0.15, 0.2) is 0 Å². The lowest BCUT2D eigenvalue weighted by molar-refractivity contribution is 0.177. The van der Waals surface area contributed by atoms with Crippen LogP contribution in [0.25, 0.3) is 0 Å². The molecule has 1 aromatic heterocycles. The van der Waals surface area contributed by atoms with Crippen molar-refractivity contribution in [2.45, 2.75) is 26.4 Å². The molecule has 94 valence electrons. The number of aliphatic hydroxyl groups is 1. The predicted molar refractivity (Wildman–Crippen MR) is 76.5 cm³/mol. The molecule has 0 spiro atoms. The van der Waals surface area contributed by atoms with E-state index in [4.69, 9.17) is 0 Å². The average Bonchev–Trinajstić information content (AvgIpc) is 2.31. The minimum atomic E-state index is -0.503. The highest BCUT2D eigenvalue weighted by Gasteiger charge is 2.10. The van der Waals surface area contributed by atoms with Crippen molar-refractivity contribution in [1.29, 1.82) is 0 Å². The zero-order valence-corrected chi connectivity index (χ0v) is 12.1. The summed E-state index contributed by atoms with van der Waals surface area (Å²) in [6, 6.07) is 10.0. The number of aryl methyl sites for hydroxylation is 2. The molecule has 0 fully saturated rings. The van der Waals surface area contributed by atoms with Crippen LogP contribution in [-0.4, -0.2) is 10.1 Å². The lowest BCUT2D eigenvalue weighted by Crippen LogP contribution is -2.04. The smallest absolute Gasteiger partial charge is 0.0845 e. The summed E-state index contributed by atoms with van der Waals surface area (Å²) < 4.78 is 0.951. The number of rotatable bonds is 3. The third-order valence-corrected chi connectivity index (χ3v) is 3.29. The van der Waals surface area contributed by atoms with Gasteiger partial charge in [0.1, 0.15) is 0 Å². The minimum absolute atomic E-state index is 0.503. The molecule has 18 heavy (non-hydrogen) atoms. The van der Waals surface area contributed by atoms with Crippen LogP contribution in [0.5, 0.6) is 0 Å². The van der Waals surface area contributed by atoms with Gasteiger partial charge in [-0.25, -0.2) is 0 Å². The lowest BCUT2D eigenvalue weighted by atomic mass is 10.00. The van der Waals surface area contributed by atoms with Gasteiger partial charge in [0.25, 0.3) is 0 Å². The first-order valence-electron chi connectivity index (χ1n) is 5.91. The standard InChI is InChI=1S/C15H16BrNO/c1-10-5-11(2)7-12(6-10)15(18)8-14-4-3-13(16)9-17-14/h3-7,9,15,18H,8H2,1-2H3. The summed E-state index contributed by atoms with van der Waals surface area (Å²) in [5.41, 5.74) is 4.20. The molecule has 0 saturated heterocycles. The maximum atomic E-state index is 10.2. The Morgan fingerprint density at radius 2 is 1.83 bits per heavy atom. The van der Waals surface area contributed by atoms with Crippen LogP contribution in [0.1, 0.15) is 28.5 Å². The summed E-state index contributed by atoms with van der Waals surface area (Å²) in [5, 5.41) is 10.2. The van der Waals surface area contributed by atoms with E-state index in [9.17, 15) is 5.11 Å². The topological polar surface area (TPSA) is 33.1 Å². The van der Waals surface area contributed by atoms with Crippen molar-refractivity contribution in [1.82, 2.24) is 4.98 Å². The van der Waals surface area contributed by atoms with Gasteiger partial charge in [-0.2, -0.15) is 0 Å². The SMILES string of the molecule is Cc1cc(C)cc(C(O)Cc2ccc(Br)cn2)c1. The molecule has 0 aliphatic heterocycles.